The van der Waals surface area contributed by atoms with E-state index in [0.717, 1.165) is 24.5 Å². The average Bonchev–Trinajstić information content (AvgIpc) is 1.56. The lowest BCUT2D eigenvalue weighted by Crippen LogP contribution is -2.44. The normalized spacial score (nSPS) is 44.9. The molecular weight excluding hydrogens is 1370 g/mol. The second-order valence-corrected chi connectivity index (χ2v) is 20.9. The fourth-order valence-electron chi connectivity index (χ4n) is 9.11. The Labute approximate surface area is 600 Å². The van der Waals surface area contributed by atoms with Gasteiger partial charge in [0.1, 0.15) is 191 Å². The van der Waals surface area contributed by atoms with Gasteiger partial charge < -0.3 is 155 Å². The van der Waals surface area contributed by atoms with Crippen molar-refractivity contribution in [2.24, 2.45) is 94.3 Å². The first-order chi connectivity index (χ1) is 54.1. The van der Waals surface area contributed by atoms with E-state index in [9.17, 15) is 71.5 Å². The first-order valence-electron chi connectivity index (χ1n) is 36.6. The molecular formula is C54H84N24O24. The van der Waals surface area contributed by atoms with Gasteiger partial charge in [0.2, 0.25) is 35.8 Å². The highest BCUT2D eigenvalue weighted by atomic mass is 16.6. The zero-order valence-electron chi connectivity index (χ0n) is 68.5. The average molecular weight is 1470 g/mol. The fraction of sp³-hybridized carbons (Fsp3) is 0.556. The number of nitrogens with zero attached hydrogens (tertiary/aromatic N) is 18. The molecule has 0 bridgehead atoms. The Morgan fingerprint density at radius 1 is 0.324 bits per heavy atom. The van der Waals surface area contributed by atoms with Crippen molar-refractivity contribution < 1.29 is 142 Å². The van der Waals surface area contributed by atoms with E-state index in [2.05, 4.69) is 99.4 Å². The second-order valence-electron chi connectivity index (χ2n) is 20.9. The van der Waals surface area contributed by atoms with Crippen molar-refractivity contribution in [3.63, 3.8) is 0 Å². The van der Waals surface area contributed by atoms with Crippen LogP contribution in [0.25, 0.3) is 0 Å². The van der Waals surface area contributed by atoms with Crippen LogP contribution in [0, 0.1) is 0 Å². The minimum absolute atomic E-state index is 0.0176. The maximum Gasteiger partial charge on any atom is 0.223 e. The number of nitrogens with two attached hydrogens (primary N) is 6. The number of ether oxygens (including phenoxy) is 6. The third kappa shape index (κ3) is 18.3. The molecule has 48 nitrogen and oxygen atoms in total. The quantitative estimate of drug-likeness (QED) is 0.0863. The molecule has 0 aromatic rings. The maximum atomic E-state index is 10.0. The molecule has 564 valence electrons. The number of amidine groups is 6. The lowest BCUT2D eigenvalue weighted by Gasteiger charge is -2.29. The van der Waals surface area contributed by atoms with Crippen molar-refractivity contribution in [1.29, 1.82) is 0 Å². The topological polar surface area (TPSA) is 743 Å². The second kappa shape index (κ2) is 35.3. The van der Waals surface area contributed by atoms with Crippen LogP contribution in [0.1, 0.15) is 21.9 Å². The van der Waals surface area contributed by atoms with Crippen molar-refractivity contribution in [2.45, 2.75) is 147 Å². The molecule has 0 aliphatic carbocycles. The van der Waals surface area contributed by atoms with E-state index in [1.54, 1.807) is 0 Å². The van der Waals surface area contributed by atoms with Gasteiger partial charge in [0.25, 0.3) is 0 Å². The highest BCUT2D eigenvalue weighted by Gasteiger charge is 2.51. The summed E-state index contributed by atoms with van der Waals surface area (Å²) in [5.74, 6) is -1.73. The van der Waals surface area contributed by atoms with E-state index >= 15 is 0 Å². The molecule has 12 heterocycles. The summed E-state index contributed by atoms with van der Waals surface area (Å²) in [5.41, 5.74) is 32.0. The van der Waals surface area contributed by atoms with Crippen LogP contribution in [-0.4, -0.2) is 382 Å². The highest BCUT2D eigenvalue weighted by molar-refractivity contribution is 5.92. The number of guanidine groups is 6. The molecule has 30 N–H and O–H groups in total. The molecule has 0 aromatic heterocycles. The van der Waals surface area contributed by atoms with E-state index < -0.39 is 225 Å². The number of rotatable bonds is 12. The van der Waals surface area contributed by atoms with Crippen LogP contribution < -0.4 is 34.4 Å². The largest absolute Gasteiger partial charge is 0.394 e. The molecule has 6 fully saturated rings. The Morgan fingerprint density at radius 2 is 0.627 bits per heavy atom. The Balaban J connectivity index is 0.000000196. The van der Waals surface area contributed by atoms with Crippen LogP contribution in [0.4, 0.5) is 0 Å². The van der Waals surface area contributed by atoms with E-state index in [1.165, 1.54) is 0 Å². The van der Waals surface area contributed by atoms with Gasteiger partial charge in [-0.3, -0.25) is 29.4 Å². The van der Waals surface area contributed by atoms with Crippen molar-refractivity contribution in [2.75, 3.05) is 39.5 Å². The fourth-order valence-corrected chi connectivity index (χ4v) is 9.11. The van der Waals surface area contributed by atoms with Crippen molar-refractivity contribution in [3.05, 3.63) is 74.4 Å². The molecule has 0 radical (unpaired) electrons. The molecule has 12 aliphatic rings. The molecule has 0 amide bonds. The Bertz CT molecular complexity index is 4250. The monoisotopic (exact) mass is 1470 g/mol. The van der Waals surface area contributed by atoms with Gasteiger partial charge in [0.05, 0.1) is 53.3 Å². The standard InChI is InChI=1S/6C9H14N4O4/c6*1-4-12-9(10)11-3-13(4)8-7(16)6(15)5(2-14)17-8/h6*3,5-8,14-16H,1-2H2,(H2,10,12)/t6*5-,6?,7+,8-/m111111/s1/i2D2,3D,5D,6D;3D,8D;3D,7D;3D,6D;3D,5D;2D2,3D. The Hall–Kier alpha value is -8.88. The number of hydrogen-bond donors (Lipinski definition) is 24. The van der Waals surface area contributed by atoms with Crippen molar-refractivity contribution >= 4 is 73.6 Å². The van der Waals surface area contributed by atoms with Crippen LogP contribution in [0.3, 0.4) is 0 Å². The third-order valence-electron chi connectivity index (χ3n) is 14.2. The minimum Gasteiger partial charge on any atom is -0.394 e. The molecule has 0 aromatic carbocycles. The SMILES string of the molecule is [2H]C1=NC(N)=NC(=C)N1[C@@H]1O[C@H](C([2H])([2H])O)C(O)[C@@H]1O.[2H]C1=NC(N)=NC(=C)N1[C@@H]1O[C@H](CO)C(O)[C@]1([2H])O.[2H]C1=NC(N)=NC(=C)N1[C@@H]1O[C@H](CO)C([2H])(O)[C@@H]1O.[2H]C1=NC(N)=NC(=C)N1[C@@H]1O[C@]([2H])(C([2H])([2H])O)C([2H])(O)[C@@H]1O.[2H]C1=NC(N)=NC(=C)N1[C@@H]1O[C@]([2H])(CO)C(O)[C@@H]1O.[2H]C1=NC(N)=NC(=C)N1[C@]1([2H])O[C@H](CO)C(O)[C@@H]1O. The predicted octanol–water partition coefficient (Wildman–Crippen LogP) is -14.7. The minimum atomic E-state index is -3.49. The van der Waals surface area contributed by atoms with Gasteiger partial charge in [-0.05, 0) is 0 Å². The summed E-state index contributed by atoms with van der Waals surface area (Å²) in [5, 5.41) is 173. The summed E-state index contributed by atoms with van der Waals surface area (Å²) >= 11 is 0. The van der Waals surface area contributed by atoms with Gasteiger partial charge in [-0.15, -0.1) is 0 Å². The maximum absolute atomic E-state index is 10.0. The molecule has 24 atom stereocenters. The van der Waals surface area contributed by atoms with E-state index in [-0.39, 0.29) is 70.7 Å². The van der Waals surface area contributed by atoms with Gasteiger partial charge in [0.15, 0.2) is 37.3 Å². The number of aliphatic hydroxyl groups is 18. The van der Waals surface area contributed by atoms with Gasteiger partial charge in [-0.1, -0.05) is 39.5 Å². The first-order valence-corrected chi connectivity index (χ1v) is 28.6. The lowest BCUT2D eigenvalue weighted by atomic mass is 10.1. The summed E-state index contributed by atoms with van der Waals surface area (Å²) < 4.78 is 151. The lowest BCUT2D eigenvalue weighted by molar-refractivity contribution is -0.0607. The molecule has 48 heteroatoms. The summed E-state index contributed by atoms with van der Waals surface area (Å²) in [7, 11) is 0. The van der Waals surface area contributed by atoms with Gasteiger partial charge in [-0.25, -0.2) is 30.0 Å². The summed E-state index contributed by atoms with van der Waals surface area (Å²) in [6.45, 7) is 12.0. The molecule has 6 saturated heterocycles. The molecule has 0 saturated carbocycles. The van der Waals surface area contributed by atoms with Crippen molar-refractivity contribution in [1.82, 2.24) is 29.4 Å². The molecule has 102 heavy (non-hydrogen) atoms. The molecule has 6 unspecified atom stereocenters. The summed E-state index contributed by atoms with van der Waals surface area (Å²) in [4.78, 5) is 48.7. The van der Waals surface area contributed by atoms with E-state index in [0.29, 0.717) is 4.90 Å². The van der Waals surface area contributed by atoms with Crippen LogP contribution >= 0.6 is 0 Å². The van der Waals surface area contributed by atoms with Crippen LogP contribution in [0.5, 0.6) is 0 Å². The van der Waals surface area contributed by atoms with Crippen LogP contribution in [-0.2, 0) is 28.4 Å². The highest BCUT2D eigenvalue weighted by Crippen LogP contribution is 2.32. The van der Waals surface area contributed by atoms with Crippen LogP contribution in [0.2, 0.25) is 0 Å². The zero-order valence-corrected chi connectivity index (χ0v) is 52.5. The Kier molecular flexibility index (Phi) is 20.7. The van der Waals surface area contributed by atoms with E-state index in [1.807, 2.05) is 0 Å². The molecule has 12 aliphatic heterocycles. The number of aliphatic imine (C=N–C) groups is 12. The first kappa shape index (κ1) is 59.6. The molecule has 0 spiro atoms. The van der Waals surface area contributed by atoms with E-state index in [4.69, 9.17) is 105 Å². The number of aliphatic hydroxyl groups excluding tert-OH is 13. The smallest absolute Gasteiger partial charge is 0.223 e. The third-order valence-corrected chi connectivity index (χ3v) is 14.2. The predicted molar refractivity (Wildman–Crippen MR) is 353 cm³/mol. The zero-order chi connectivity index (χ0) is 89.8. The van der Waals surface area contributed by atoms with Gasteiger partial charge in [-0.2, -0.15) is 30.0 Å². The molecule has 12 rings (SSSR count). The summed E-state index contributed by atoms with van der Waals surface area (Å²) in [6, 6.07) is 0. The van der Waals surface area contributed by atoms with Gasteiger partial charge >= 0.3 is 0 Å². The summed E-state index contributed by atoms with van der Waals surface area (Å²) in [6.07, 6.45) is -46.3. The number of hydrogen-bond acceptors (Lipinski definition) is 48. The van der Waals surface area contributed by atoms with Gasteiger partial charge in [0, 0.05) is 0 Å². The Morgan fingerprint density at radius 3 is 0.941 bits per heavy atom. The van der Waals surface area contributed by atoms with Crippen molar-refractivity contribution in [3.8, 4) is 0 Å². The van der Waals surface area contributed by atoms with Crippen LogP contribution in [0.15, 0.2) is 134 Å².